The van der Waals surface area contributed by atoms with E-state index >= 15 is 0 Å². The predicted molar refractivity (Wildman–Crippen MR) is 70.5 cm³/mol. The highest BCUT2D eigenvalue weighted by atomic mass is 16.3. The van der Waals surface area contributed by atoms with Crippen LogP contribution in [0, 0.1) is 0 Å². The van der Waals surface area contributed by atoms with Gasteiger partial charge in [0, 0.05) is 24.2 Å². The zero-order chi connectivity index (χ0) is 12.4. The molecular weight excluding hydrogens is 226 g/mol. The van der Waals surface area contributed by atoms with E-state index in [1.807, 2.05) is 12.1 Å². The van der Waals surface area contributed by atoms with Gasteiger partial charge in [-0.2, -0.15) is 0 Å². The SMILES string of the molecule is CCCNc1cc(C2CC2)nc(-c2ccco2)n1. The molecule has 2 aromatic heterocycles. The minimum Gasteiger partial charge on any atom is -0.461 e. The van der Waals surface area contributed by atoms with Gasteiger partial charge in [-0.25, -0.2) is 9.97 Å². The fraction of sp³-hybridized carbons (Fsp3) is 0.429. The summed E-state index contributed by atoms with van der Waals surface area (Å²) in [4.78, 5) is 9.11. The highest BCUT2D eigenvalue weighted by Gasteiger charge is 2.26. The summed E-state index contributed by atoms with van der Waals surface area (Å²) in [5.41, 5.74) is 1.13. The Morgan fingerprint density at radius 3 is 2.94 bits per heavy atom. The summed E-state index contributed by atoms with van der Waals surface area (Å²) in [5.74, 6) is 2.93. The van der Waals surface area contributed by atoms with Crippen molar-refractivity contribution in [3.63, 3.8) is 0 Å². The van der Waals surface area contributed by atoms with Gasteiger partial charge in [0.15, 0.2) is 11.6 Å². The molecule has 2 aromatic rings. The lowest BCUT2D eigenvalue weighted by molar-refractivity contribution is 0.577. The molecule has 1 N–H and O–H groups in total. The van der Waals surface area contributed by atoms with Crippen LogP contribution in [0.1, 0.15) is 37.8 Å². The van der Waals surface area contributed by atoms with Crippen LogP contribution in [0.2, 0.25) is 0 Å². The van der Waals surface area contributed by atoms with Gasteiger partial charge in [-0.1, -0.05) is 6.92 Å². The normalized spacial score (nSPS) is 14.7. The molecule has 0 bridgehead atoms. The van der Waals surface area contributed by atoms with Crippen molar-refractivity contribution < 1.29 is 4.42 Å². The zero-order valence-corrected chi connectivity index (χ0v) is 10.5. The number of anilines is 1. The molecule has 0 aliphatic heterocycles. The molecule has 4 heteroatoms. The van der Waals surface area contributed by atoms with Gasteiger partial charge in [-0.15, -0.1) is 0 Å². The van der Waals surface area contributed by atoms with E-state index in [1.165, 1.54) is 12.8 Å². The van der Waals surface area contributed by atoms with E-state index < -0.39 is 0 Å². The van der Waals surface area contributed by atoms with Gasteiger partial charge in [0.05, 0.1) is 6.26 Å². The van der Waals surface area contributed by atoms with Gasteiger partial charge in [-0.05, 0) is 31.4 Å². The summed E-state index contributed by atoms with van der Waals surface area (Å²) in [5, 5.41) is 3.33. The van der Waals surface area contributed by atoms with Gasteiger partial charge < -0.3 is 9.73 Å². The van der Waals surface area contributed by atoms with E-state index in [4.69, 9.17) is 4.42 Å². The third-order valence-electron chi connectivity index (χ3n) is 3.04. The second-order valence-electron chi connectivity index (χ2n) is 4.68. The minimum atomic E-state index is 0.615. The van der Waals surface area contributed by atoms with Gasteiger partial charge in [0.2, 0.25) is 0 Å². The Balaban J connectivity index is 1.94. The molecule has 1 aliphatic carbocycles. The van der Waals surface area contributed by atoms with E-state index in [9.17, 15) is 0 Å². The third-order valence-corrected chi connectivity index (χ3v) is 3.04. The van der Waals surface area contributed by atoms with Crippen molar-refractivity contribution in [2.24, 2.45) is 0 Å². The summed E-state index contributed by atoms with van der Waals surface area (Å²) in [6.07, 6.45) is 5.21. The Bertz CT molecular complexity index is 518. The van der Waals surface area contributed by atoms with Crippen LogP contribution in [-0.2, 0) is 0 Å². The molecule has 1 saturated carbocycles. The Morgan fingerprint density at radius 1 is 1.39 bits per heavy atom. The molecule has 0 radical (unpaired) electrons. The maximum absolute atomic E-state index is 5.38. The van der Waals surface area contributed by atoms with Crippen LogP contribution in [0.5, 0.6) is 0 Å². The second-order valence-corrected chi connectivity index (χ2v) is 4.68. The lowest BCUT2D eigenvalue weighted by Gasteiger charge is -2.07. The first-order chi connectivity index (χ1) is 8.86. The summed E-state index contributed by atoms with van der Waals surface area (Å²) >= 11 is 0. The van der Waals surface area contributed by atoms with Gasteiger partial charge in [-0.3, -0.25) is 0 Å². The number of nitrogens with zero attached hydrogens (tertiary/aromatic N) is 2. The first-order valence-electron chi connectivity index (χ1n) is 6.53. The fourth-order valence-corrected chi connectivity index (χ4v) is 1.91. The monoisotopic (exact) mass is 243 g/mol. The van der Waals surface area contributed by atoms with E-state index in [0.29, 0.717) is 11.7 Å². The van der Waals surface area contributed by atoms with Gasteiger partial charge in [0.25, 0.3) is 0 Å². The molecule has 3 rings (SSSR count). The van der Waals surface area contributed by atoms with E-state index in [0.717, 1.165) is 30.2 Å². The van der Waals surface area contributed by atoms with Gasteiger partial charge >= 0.3 is 0 Å². The Kier molecular flexibility index (Phi) is 3.00. The molecular formula is C14H17N3O. The summed E-state index contributed by atoms with van der Waals surface area (Å²) in [6, 6.07) is 5.83. The van der Waals surface area contributed by atoms with E-state index in [1.54, 1.807) is 6.26 Å². The first kappa shape index (κ1) is 11.3. The molecule has 18 heavy (non-hydrogen) atoms. The number of hydrogen-bond donors (Lipinski definition) is 1. The molecule has 1 aliphatic rings. The summed E-state index contributed by atoms with van der Waals surface area (Å²) in [6.45, 7) is 3.07. The standard InChI is InChI=1S/C14H17N3O/c1-2-7-15-13-9-11(10-5-6-10)16-14(17-13)12-4-3-8-18-12/h3-4,8-10H,2,5-7H2,1H3,(H,15,16,17). The number of rotatable bonds is 5. The Labute approximate surface area is 106 Å². The molecule has 0 unspecified atom stereocenters. The van der Waals surface area contributed by atoms with Crippen molar-refractivity contribution in [2.45, 2.75) is 32.1 Å². The van der Waals surface area contributed by atoms with E-state index in [-0.39, 0.29) is 0 Å². The number of furan rings is 1. The maximum atomic E-state index is 5.38. The van der Waals surface area contributed by atoms with Crippen molar-refractivity contribution in [2.75, 3.05) is 11.9 Å². The lowest BCUT2D eigenvalue weighted by Crippen LogP contribution is -2.05. The fourth-order valence-electron chi connectivity index (χ4n) is 1.91. The molecule has 0 saturated heterocycles. The highest BCUT2D eigenvalue weighted by molar-refractivity contribution is 5.52. The van der Waals surface area contributed by atoms with Crippen LogP contribution < -0.4 is 5.32 Å². The molecule has 4 nitrogen and oxygen atoms in total. The lowest BCUT2D eigenvalue weighted by atomic mass is 10.2. The quantitative estimate of drug-likeness (QED) is 0.874. The zero-order valence-electron chi connectivity index (χ0n) is 10.5. The molecule has 0 amide bonds. The average molecular weight is 243 g/mol. The minimum absolute atomic E-state index is 0.615. The average Bonchev–Trinajstić information content (AvgIpc) is 3.11. The third kappa shape index (κ3) is 2.37. The first-order valence-corrected chi connectivity index (χ1v) is 6.53. The van der Waals surface area contributed by atoms with Crippen molar-refractivity contribution in [1.29, 1.82) is 0 Å². The van der Waals surface area contributed by atoms with Crippen LogP contribution in [0.3, 0.4) is 0 Å². The maximum Gasteiger partial charge on any atom is 0.197 e. The van der Waals surface area contributed by atoms with Crippen molar-refractivity contribution in [3.05, 3.63) is 30.2 Å². The number of nitrogens with one attached hydrogen (secondary N) is 1. The Morgan fingerprint density at radius 2 is 2.28 bits per heavy atom. The van der Waals surface area contributed by atoms with Gasteiger partial charge in [0.1, 0.15) is 5.82 Å². The molecule has 94 valence electrons. The van der Waals surface area contributed by atoms with Crippen molar-refractivity contribution >= 4 is 5.82 Å². The Hall–Kier alpha value is -1.84. The summed E-state index contributed by atoms with van der Waals surface area (Å²) in [7, 11) is 0. The highest BCUT2D eigenvalue weighted by Crippen LogP contribution is 2.40. The topological polar surface area (TPSA) is 51.0 Å². The number of hydrogen-bond acceptors (Lipinski definition) is 4. The molecule has 1 fully saturated rings. The van der Waals surface area contributed by atoms with Crippen molar-refractivity contribution in [3.8, 4) is 11.6 Å². The van der Waals surface area contributed by atoms with Crippen LogP contribution in [0.15, 0.2) is 28.9 Å². The van der Waals surface area contributed by atoms with Crippen LogP contribution >= 0.6 is 0 Å². The van der Waals surface area contributed by atoms with E-state index in [2.05, 4.69) is 28.3 Å². The molecule has 2 heterocycles. The smallest absolute Gasteiger partial charge is 0.197 e. The largest absolute Gasteiger partial charge is 0.461 e. The number of aromatic nitrogens is 2. The molecule has 0 spiro atoms. The molecule has 0 aromatic carbocycles. The molecule has 0 atom stereocenters. The predicted octanol–water partition coefficient (Wildman–Crippen LogP) is 3.44. The summed E-state index contributed by atoms with van der Waals surface area (Å²) < 4.78 is 5.38. The van der Waals surface area contributed by atoms with Crippen LogP contribution in [0.4, 0.5) is 5.82 Å². The van der Waals surface area contributed by atoms with Crippen molar-refractivity contribution in [1.82, 2.24) is 9.97 Å². The second kappa shape index (κ2) is 4.80. The van der Waals surface area contributed by atoms with Crippen LogP contribution in [-0.4, -0.2) is 16.5 Å². The van der Waals surface area contributed by atoms with Crippen LogP contribution in [0.25, 0.3) is 11.6 Å².